The van der Waals surface area contributed by atoms with E-state index in [1.807, 2.05) is 49.5 Å². The topological polar surface area (TPSA) is 90.0 Å². The van der Waals surface area contributed by atoms with Crippen LogP contribution in [-0.2, 0) is 4.79 Å². The Morgan fingerprint density at radius 2 is 2.04 bits per heavy atom. The molecule has 1 atom stereocenters. The van der Waals surface area contributed by atoms with Gasteiger partial charge in [-0.05, 0) is 35.7 Å². The first kappa shape index (κ1) is 17.0. The molecular weight excluding hydrogens is 316 g/mol. The summed E-state index contributed by atoms with van der Waals surface area (Å²) in [5, 5.41) is 16.0. The van der Waals surface area contributed by atoms with E-state index in [0.29, 0.717) is 6.54 Å². The first-order valence-electron chi connectivity index (χ1n) is 8.29. The summed E-state index contributed by atoms with van der Waals surface area (Å²) in [7, 11) is 0. The number of hydrogen-bond acceptors (Lipinski definition) is 4. The second-order valence-corrected chi connectivity index (χ2v) is 5.99. The van der Waals surface area contributed by atoms with Gasteiger partial charge in [-0.15, -0.1) is 0 Å². The lowest BCUT2D eigenvalue weighted by atomic mass is 10.00. The van der Waals surface area contributed by atoms with Gasteiger partial charge in [0.2, 0.25) is 5.91 Å². The van der Waals surface area contributed by atoms with Gasteiger partial charge < -0.3 is 20.7 Å². The molecule has 3 rings (SSSR count). The van der Waals surface area contributed by atoms with Gasteiger partial charge >= 0.3 is 0 Å². The van der Waals surface area contributed by atoms with Crippen LogP contribution in [0.3, 0.4) is 0 Å². The Bertz CT molecular complexity index is 871. The van der Waals surface area contributed by atoms with E-state index in [-0.39, 0.29) is 18.6 Å². The van der Waals surface area contributed by atoms with Crippen molar-refractivity contribution >= 4 is 22.8 Å². The molecule has 130 valence electrons. The van der Waals surface area contributed by atoms with E-state index >= 15 is 0 Å². The van der Waals surface area contributed by atoms with Gasteiger partial charge in [0.05, 0.1) is 12.6 Å². The molecule has 2 aromatic heterocycles. The van der Waals surface area contributed by atoms with E-state index in [4.69, 9.17) is 5.11 Å². The highest BCUT2D eigenvalue weighted by Crippen LogP contribution is 2.30. The molecule has 25 heavy (non-hydrogen) atoms. The molecule has 0 aliphatic carbocycles. The van der Waals surface area contributed by atoms with Crippen LogP contribution in [0.1, 0.15) is 25.5 Å². The zero-order valence-corrected chi connectivity index (χ0v) is 14.3. The number of aliphatic hydroxyl groups is 1. The number of aliphatic hydroxyl groups excluding tert-OH is 1. The third kappa shape index (κ3) is 3.80. The molecule has 0 saturated heterocycles. The van der Waals surface area contributed by atoms with Crippen molar-refractivity contribution in [2.45, 2.75) is 19.9 Å². The van der Waals surface area contributed by atoms with Gasteiger partial charge in [0.15, 0.2) is 0 Å². The molecule has 0 aliphatic rings. The quantitative estimate of drug-likeness (QED) is 0.556. The van der Waals surface area contributed by atoms with Crippen molar-refractivity contribution in [1.29, 1.82) is 0 Å². The van der Waals surface area contributed by atoms with E-state index in [1.165, 1.54) is 6.92 Å². The lowest BCUT2D eigenvalue weighted by Gasteiger charge is -2.14. The zero-order chi connectivity index (χ0) is 17.8. The second-order valence-electron chi connectivity index (χ2n) is 5.99. The number of carbonyl (C=O) groups excluding carboxylic acids is 1. The third-order valence-electron chi connectivity index (χ3n) is 4.09. The summed E-state index contributed by atoms with van der Waals surface area (Å²) in [6.45, 7) is 3.98. The molecule has 0 fully saturated rings. The number of rotatable bonds is 6. The summed E-state index contributed by atoms with van der Waals surface area (Å²) in [5.74, 6) is 0.675. The van der Waals surface area contributed by atoms with E-state index in [1.54, 1.807) is 0 Å². The van der Waals surface area contributed by atoms with E-state index in [2.05, 4.69) is 20.6 Å². The van der Waals surface area contributed by atoms with Gasteiger partial charge in [-0.2, -0.15) is 0 Å². The highest BCUT2D eigenvalue weighted by molar-refractivity contribution is 5.94. The van der Waals surface area contributed by atoms with Crippen LogP contribution in [0.5, 0.6) is 0 Å². The highest BCUT2D eigenvalue weighted by Gasteiger charge is 2.11. The van der Waals surface area contributed by atoms with Crippen LogP contribution in [0.2, 0.25) is 0 Å². The van der Waals surface area contributed by atoms with Gasteiger partial charge in [0.25, 0.3) is 0 Å². The summed E-state index contributed by atoms with van der Waals surface area (Å²) in [6.07, 6.45) is 1.87. The predicted octanol–water partition coefficient (Wildman–Crippen LogP) is 2.83. The van der Waals surface area contributed by atoms with Crippen molar-refractivity contribution in [2.75, 3.05) is 18.5 Å². The molecule has 0 unspecified atom stereocenters. The molecule has 3 aromatic rings. The van der Waals surface area contributed by atoms with Crippen LogP contribution < -0.4 is 10.6 Å². The molecule has 6 nitrogen and oxygen atoms in total. The number of H-pyrrole nitrogens is 1. The number of pyridine rings is 1. The molecule has 4 N–H and O–H groups in total. The molecule has 2 heterocycles. The van der Waals surface area contributed by atoms with Crippen LogP contribution in [0.25, 0.3) is 22.2 Å². The Morgan fingerprint density at radius 1 is 1.28 bits per heavy atom. The van der Waals surface area contributed by atoms with Crippen molar-refractivity contribution < 1.29 is 9.90 Å². The van der Waals surface area contributed by atoms with Gasteiger partial charge in [0, 0.05) is 25.1 Å². The molecule has 0 saturated carbocycles. The van der Waals surface area contributed by atoms with Crippen LogP contribution >= 0.6 is 0 Å². The normalized spacial score (nSPS) is 12.1. The molecular formula is C19H22N4O2. The van der Waals surface area contributed by atoms with Gasteiger partial charge in [-0.1, -0.05) is 24.3 Å². The summed E-state index contributed by atoms with van der Waals surface area (Å²) >= 11 is 0. The minimum absolute atomic E-state index is 0.0296. The summed E-state index contributed by atoms with van der Waals surface area (Å²) in [6, 6.07) is 12.1. The Hall–Kier alpha value is -2.86. The SMILES string of the molecule is CC(=O)N[C@@H](C)c1ccc(-c2cc(NCCO)nc3[nH]ccc23)cc1. The number of anilines is 1. The lowest BCUT2D eigenvalue weighted by molar-refractivity contribution is -0.119. The number of amides is 1. The molecule has 6 heteroatoms. The maximum absolute atomic E-state index is 11.2. The van der Waals surface area contributed by atoms with Crippen LogP contribution in [-0.4, -0.2) is 34.1 Å². The van der Waals surface area contributed by atoms with Crippen molar-refractivity contribution in [3.63, 3.8) is 0 Å². The average molecular weight is 338 g/mol. The molecule has 0 aliphatic heterocycles. The maximum atomic E-state index is 11.2. The number of hydrogen-bond donors (Lipinski definition) is 4. The molecule has 0 spiro atoms. The minimum Gasteiger partial charge on any atom is -0.395 e. The van der Waals surface area contributed by atoms with E-state index < -0.39 is 0 Å². The maximum Gasteiger partial charge on any atom is 0.217 e. The minimum atomic E-state index is -0.0423. The molecule has 0 radical (unpaired) electrons. The Morgan fingerprint density at radius 3 is 2.72 bits per heavy atom. The predicted molar refractivity (Wildman–Crippen MR) is 99.3 cm³/mol. The number of aromatic nitrogens is 2. The molecule has 1 aromatic carbocycles. The fraction of sp³-hybridized carbons (Fsp3) is 0.263. The first-order chi connectivity index (χ1) is 12.1. The molecule has 1 amide bonds. The van der Waals surface area contributed by atoms with Gasteiger partial charge in [-0.25, -0.2) is 4.98 Å². The van der Waals surface area contributed by atoms with Gasteiger partial charge in [0.1, 0.15) is 11.5 Å². The van der Waals surface area contributed by atoms with Crippen LogP contribution in [0.15, 0.2) is 42.6 Å². The number of benzene rings is 1. The highest BCUT2D eigenvalue weighted by atomic mass is 16.3. The smallest absolute Gasteiger partial charge is 0.217 e. The lowest BCUT2D eigenvalue weighted by Crippen LogP contribution is -2.23. The van der Waals surface area contributed by atoms with Gasteiger partial charge in [-0.3, -0.25) is 4.79 Å². The Labute approximate surface area is 146 Å². The zero-order valence-electron chi connectivity index (χ0n) is 14.3. The first-order valence-corrected chi connectivity index (χ1v) is 8.29. The van der Waals surface area contributed by atoms with E-state index in [0.717, 1.165) is 33.5 Å². The molecule has 0 bridgehead atoms. The summed E-state index contributed by atoms with van der Waals surface area (Å²) in [5.41, 5.74) is 3.98. The van der Waals surface area contributed by atoms with Crippen molar-refractivity contribution in [3.8, 4) is 11.1 Å². The fourth-order valence-corrected chi connectivity index (χ4v) is 2.89. The van der Waals surface area contributed by atoms with Crippen molar-refractivity contribution in [3.05, 3.63) is 48.2 Å². The third-order valence-corrected chi connectivity index (χ3v) is 4.09. The number of aromatic amines is 1. The second kappa shape index (κ2) is 7.36. The monoisotopic (exact) mass is 338 g/mol. The number of fused-ring (bicyclic) bond motifs is 1. The Balaban J connectivity index is 1.95. The fourth-order valence-electron chi connectivity index (χ4n) is 2.89. The van der Waals surface area contributed by atoms with Crippen LogP contribution in [0, 0.1) is 0 Å². The number of nitrogens with one attached hydrogen (secondary N) is 3. The van der Waals surface area contributed by atoms with Crippen molar-refractivity contribution in [2.24, 2.45) is 0 Å². The number of carbonyl (C=O) groups is 1. The Kier molecular flexibility index (Phi) is 5.00. The summed E-state index contributed by atoms with van der Waals surface area (Å²) in [4.78, 5) is 18.9. The standard InChI is InChI=1S/C19H22N4O2/c1-12(22-13(2)25)14-3-5-15(6-4-14)17-11-18(20-9-10-24)23-19-16(17)7-8-21-19/h3-8,11-12,24H,9-10H2,1-2H3,(H,22,25)(H2,20,21,23)/t12-/m0/s1. The van der Waals surface area contributed by atoms with Crippen molar-refractivity contribution in [1.82, 2.24) is 15.3 Å². The largest absolute Gasteiger partial charge is 0.395 e. The van der Waals surface area contributed by atoms with Crippen LogP contribution in [0.4, 0.5) is 5.82 Å². The summed E-state index contributed by atoms with van der Waals surface area (Å²) < 4.78 is 0. The number of nitrogens with zero attached hydrogens (tertiary/aromatic N) is 1. The average Bonchev–Trinajstić information content (AvgIpc) is 3.07. The van der Waals surface area contributed by atoms with E-state index in [9.17, 15) is 4.79 Å².